The van der Waals surface area contributed by atoms with Gasteiger partial charge in [-0.2, -0.15) is 4.31 Å². The number of hydrogen-bond donors (Lipinski definition) is 0. The van der Waals surface area contributed by atoms with Gasteiger partial charge < -0.3 is 4.74 Å². The topological polar surface area (TPSA) is 46.6 Å². The highest BCUT2D eigenvalue weighted by atomic mass is 32.2. The molecule has 2 aromatic carbocycles. The Morgan fingerprint density at radius 1 is 1.00 bits per heavy atom. The van der Waals surface area contributed by atoms with Gasteiger partial charge in [-0.1, -0.05) is 18.2 Å². The lowest BCUT2D eigenvalue weighted by atomic mass is 10.1. The summed E-state index contributed by atoms with van der Waals surface area (Å²) in [6, 6.07) is 12.7. The third-order valence-electron chi connectivity index (χ3n) is 3.83. The number of sulfonamides is 1. The molecule has 2 aromatic rings. The Hall–Kier alpha value is -1.85. The van der Waals surface area contributed by atoms with Gasteiger partial charge in [-0.3, -0.25) is 0 Å². The molecule has 0 aromatic heterocycles. The maximum atomic E-state index is 12.7. The average Bonchev–Trinajstić information content (AvgIpc) is 2.52. The first-order valence-electron chi connectivity index (χ1n) is 7.60. The Morgan fingerprint density at radius 3 is 2.22 bits per heavy atom. The molecule has 0 aliphatic carbocycles. The first-order valence-corrected chi connectivity index (χ1v) is 9.04. The van der Waals surface area contributed by atoms with Crippen LogP contribution in [0.5, 0.6) is 5.75 Å². The molecule has 0 spiro atoms. The third kappa shape index (κ3) is 4.12. The fourth-order valence-electron chi connectivity index (χ4n) is 2.25. The monoisotopic (exact) mass is 333 g/mol. The van der Waals surface area contributed by atoms with Crippen molar-refractivity contribution in [3.8, 4) is 5.75 Å². The van der Waals surface area contributed by atoms with Crippen LogP contribution in [0.4, 0.5) is 0 Å². The summed E-state index contributed by atoms with van der Waals surface area (Å²) in [5.41, 5.74) is 2.97. The van der Waals surface area contributed by atoms with Crippen LogP contribution in [0.3, 0.4) is 0 Å². The molecule has 23 heavy (non-hydrogen) atoms. The lowest BCUT2D eigenvalue weighted by molar-refractivity contribution is 0.340. The predicted molar refractivity (Wildman–Crippen MR) is 92.2 cm³/mol. The van der Waals surface area contributed by atoms with Gasteiger partial charge in [-0.05, 0) is 61.7 Å². The molecule has 0 fully saturated rings. The van der Waals surface area contributed by atoms with E-state index in [1.54, 1.807) is 19.2 Å². The highest BCUT2D eigenvalue weighted by Gasteiger charge is 2.21. The van der Waals surface area contributed by atoms with E-state index in [1.165, 1.54) is 4.31 Å². The molecule has 0 unspecified atom stereocenters. The predicted octanol–water partition coefficient (Wildman–Crippen LogP) is 3.52. The van der Waals surface area contributed by atoms with Crippen molar-refractivity contribution in [3.63, 3.8) is 0 Å². The van der Waals surface area contributed by atoms with Crippen molar-refractivity contribution in [1.82, 2.24) is 4.31 Å². The lowest BCUT2D eigenvalue weighted by Crippen LogP contribution is -2.26. The summed E-state index contributed by atoms with van der Waals surface area (Å²) in [6.45, 7) is 6.75. The molecular weight excluding hydrogens is 310 g/mol. The second kappa shape index (κ2) is 7.15. The smallest absolute Gasteiger partial charge is 0.243 e. The number of ether oxygens (including phenoxy) is 1. The van der Waals surface area contributed by atoms with Gasteiger partial charge in [0.05, 0.1) is 11.5 Å². The molecular formula is C18H23NO3S. The van der Waals surface area contributed by atoms with E-state index in [9.17, 15) is 8.42 Å². The molecule has 0 atom stereocenters. The van der Waals surface area contributed by atoms with Crippen LogP contribution in [0.1, 0.15) is 23.6 Å². The Labute approximate surface area is 138 Å². The van der Waals surface area contributed by atoms with Crippen LogP contribution in [0, 0.1) is 13.8 Å². The van der Waals surface area contributed by atoms with Gasteiger partial charge in [0.2, 0.25) is 10.0 Å². The van der Waals surface area contributed by atoms with Gasteiger partial charge in [0, 0.05) is 13.6 Å². The van der Waals surface area contributed by atoms with Crippen LogP contribution in [-0.4, -0.2) is 26.4 Å². The minimum absolute atomic E-state index is 0.321. The number of benzene rings is 2. The molecule has 0 amide bonds. The number of hydrogen-bond acceptors (Lipinski definition) is 3. The summed E-state index contributed by atoms with van der Waals surface area (Å²) in [5.74, 6) is 0.788. The molecule has 2 rings (SSSR count). The van der Waals surface area contributed by atoms with Crippen LogP contribution in [0.25, 0.3) is 0 Å². The van der Waals surface area contributed by atoms with Gasteiger partial charge >= 0.3 is 0 Å². The molecule has 124 valence electrons. The molecule has 0 N–H and O–H groups in total. The van der Waals surface area contributed by atoms with Crippen LogP contribution in [-0.2, 0) is 16.6 Å². The van der Waals surface area contributed by atoms with Crippen molar-refractivity contribution in [2.24, 2.45) is 0 Å². The molecule has 0 saturated carbocycles. The summed E-state index contributed by atoms with van der Waals surface area (Å²) < 4.78 is 32.1. The molecule has 0 aliphatic heterocycles. The standard InChI is InChI=1S/C18H23NO3S/c1-5-22-17-9-7-16(8-10-17)13-19(4)23(20,21)18-11-6-14(2)15(3)12-18/h6-12H,5,13H2,1-4H3. The van der Waals surface area contributed by atoms with E-state index < -0.39 is 10.0 Å². The molecule has 0 heterocycles. The number of aryl methyl sites for hydroxylation is 2. The Kier molecular flexibility index (Phi) is 5.44. The Morgan fingerprint density at radius 2 is 1.65 bits per heavy atom. The molecule has 4 nitrogen and oxygen atoms in total. The first kappa shape index (κ1) is 17.5. The zero-order chi connectivity index (χ0) is 17.0. The van der Waals surface area contributed by atoms with E-state index in [0.717, 1.165) is 22.4 Å². The van der Waals surface area contributed by atoms with E-state index in [4.69, 9.17) is 4.74 Å². The minimum Gasteiger partial charge on any atom is -0.494 e. The Bertz CT molecular complexity index is 767. The highest BCUT2D eigenvalue weighted by Crippen LogP contribution is 2.20. The molecule has 0 bridgehead atoms. The lowest BCUT2D eigenvalue weighted by Gasteiger charge is -2.18. The quantitative estimate of drug-likeness (QED) is 0.812. The Balaban J connectivity index is 2.17. The fourth-order valence-corrected chi connectivity index (χ4v) is 3.50. The van der Waals surface area contributed by atoms with Crippen LogP contribution in [0.2, 0.25) is 0 Å². The zero-order valence-corrected chi connectivity index (χ0v) is 14.9. The van der Waals surface area contributed by atoms with Crippen molar-refractivity contribution in [1.29, 1.82) is 0 Å². The SMILES string of the molecule is CCOc1ccc(CN(C)S(=O)(=O)c2ccc(C)c(C)c2)cc1. The van der Waals surface area contributed by atoms with Gasteiger partial charge in [-0.15, -0.1) is 0 Å². The van der Waals surface area contributed by atoms with E-state index in [0.29, 0.717) is 18.0 Å². The van der Waals surface area contributed by atoms with E-state index in [-0.39, 0.29) is 0 Å². The number of rotatable bonds is 6. The van der Waals surface area contributed by atoms with Crippen molar-refractivity contribution >= 4 is 10.0 Å². The minimum atomic E-state index is -3.49. The maximum absolute atomic E-state index is 12.7. The van der Waals surface area contributed by atoms with Gasteiger partial charge in [-0.25, -0.2) is 8.42 Å². The van der Waals surface area contributed by atoms with Gasteiger partial charge in [0.1, 0.15) is 5.75 Å². The van der Waals surface area contributed by atoms with Crippen LogP contribution >= 0.6 is 0 Å². The highest BCUT2D eigenvalue weighted by molar-refractivity contribution is 7.89. The summed E-state index contributed by atoms with van der Waals surface area (Å²) in [6.07, 6.45) is 0. The molecule has 0 saturated heterocycles. The van der Waals surface area contributed by atoms with E-state index in [1.807, 2.05) is 51.1 Å². The summed E-state index contributed by atoms with van der Waals surface area (Å²) in [4.78, 5) is 0.328. The fraction of sp³-hybridized carbons (Fsp3) is 0.333. The molecule has 0 radical (unpaired) electrons. The van der Waals surface area contributed by atoms with Crippen molar-refractivity contribution in [2.45, 2.75) is 32.2 Å². The van der Waals surface area contributed by atoms with Crippen molar-refractivity contribution in [2.75, 3.05) is 13.7 Å². The maximum Gasteiger partial charge on any atom is 0.243 e. The normalized spacial score (nSPS) is 11.7. The van der Waals surface area contributed by atoms with Gasteiger partial charge in [0.15, 0.2) is 0 Å². The second-order valence-electron chi connectivity index (χ2n) is 5.58. The third-order valence-corrected chi connectivity index (χ3v) is 5.63. The summed E-state index contributed by atoms with van der Waals surface area (Å²) in [5, 5.41) is 0. The largest absolute Gasteiger partial charge is 0.494 e. The first-order chi connectivity index (χ1) is 10.8. The van der Waals surface area contributed by atoms with E-state index in [2.05, 4.69) is 0 Å². The van der Waals surface area contributed by atoms with E-state index >= 15 is 0 Å². The number of nitrogens with zero attached hydrogens (tertiary/aromatic N) is 1. The van der Waals surface area contributed by atoms with Crippen molar-refractivity contribution < 1.29 is 13.2 Å². The van der Waals surface area contributed by atoms with Crippen LogP contribution < -0.4 is 4.74 Å². The molecule has 5 heteroatoms. The summed E-state index contributed by atoms with van der Waals surface area (Å²) in [7, 11) is -1.90. The summed E-state index contributed by atoms with van der Waals surface area (Å²) >= 11 is 0. The second-order valence-corrected chi connectivity index (χ2v) is 7.63. The van der Waals surface area contributed by atoms with Crippen LogP contribution in [0.15, 0.2) is 47.4 Å². The average molecular weight is 333 g/mol. The zero-order valence-electron chi connectivity index (χ0n) is 14.0. The molecule has 0 aliphatic rings. The van der Waals surface area contributed by atoms with Crippen molar-refractivity contribution in [3.05, 3.63) is 59.2 Å². The van der Waals surface area contributed by atoms with Gasteiger partial charge in [0.25, 0.3) is 0 Å².